The standard InChI is InChI=1S/C23H30N6/c1-17-12-18(2)14-21(13-17)10-11-24-23(25-15-20-8-6-5-7-9-20)26-16-22-28-27-19(3)29(22)4/h5-9,12-14H,10-11,15-16H2,1-4H3,(H2,24,25,26). The first kappa shape index (κ1) is 20.6. The minimum Gasteiger partial charge on any atom is -0.356 e. The maximum absolute atomic E-state index is 4.75. The number of benzene rings is 2. The maximum Gasteiger partial charge on any atom is 0.191 e. The average Bonchev–Trinajstić information content (AvgIpc) is 3.02. The fourth-order valence-corrected chi connectivity index (χ4v) is 3.23. The molecule has 3 rings (SSSR count). The molecule has 0 aliphatic carbocycles. The monoisotopic (exact) mass is 390 g/mol. The molecule has 0 saturated heterocycles. The van der Waals surface area contributed by atoms with Crippen molar-refractivity contribution in [3.8, 4) is 0 Å². The molecule has 0 aliphatic heterocycles. The molecule has 1 aromatic heterocycles. The number of hydrogen-bond acceptors (Lipinski definition) is 3. The minimum absolute atomic E-state index is 0.571. The highest BCUT2D eigenvalue weighted by Gasteiger charge is 2.06. The van der Waals surface area contributed by atoms with Crippen LogP contribution in [0.4, 0.5) is 0 Å². The van der Waals surface area contributed by atoms with Crippen molar-refractivity contribution in [2.75, 3.05) is 6.54 Å². The third-order valence-electron chi connectivity index (χ3n) is 4.85. The first-order valence-corrected chi connectivity index (χ1v) is 9.99. The first-order chi connectivity index (χ1) is 14.0. The zero-order valence-electron chi connectivity index (χ0n) is 17.7. The molecule has 0 radical (unpaired) electrons. The second-order valence-electron chi connectivity index (χ2n) is 7.40. The fourth-order valence-electron chi connectivity index (χ4n) is 3.23. The van der Waals surface area contributed by atoms with Crippen molar-refractivity contribution in [2.45, 2.75) is 40.3 Å². The lowest BCUT2D eigenvalue weighted by Gasteiger charge is -2.13. The summed E-state index contributed by atoms with van der Waals surface area (Å²) in [7, 11) is 1.97. The van der Waals surface area contributed by atoms with Crippen LogP contribution in [0.1, 0.15) is 33.9 Å². The molecule has 152 valence electrons. The van der Waals surface area contributed by atoms with Gasteiger partial charge in [-0.15, -0.1) is 10.2 Å². The van der Waals surface area contributed by atoms with Crippen LogP contribution in [0, 0.1) is 20.8 Å². The summed E-state index contributed by atoms with van der Waals surface area (Å²) >= 11 is 0. The summed E-state index contributed by atoms with van der Waals surface area (Å²) in [6, 6.07) is 16.9. The van der Waals surface area contributed by atoms with E-state index in [-0.39, 0.29) is 0 Å². The number of nitrogens with one attached hydrogen (secondary N) is 2. The Morgan fingerprint density at radius 2 is 1.66 bits per heavy atom. The minimum atomic E-state index is 0.571. The van der Waals surface area contributed by atoms with E-state index in [9.17, 15) is 0 Å². The van der Waals surface area contributed by atoms with E-state index < -0.39 is 0 Å². The molecule has 0 bridgehead atoms. The number of aromatic nitrogens is 3. The van der Waals surface area contributed by atoms with E-state index in [1.54, 1.807) is 0 Å². The Labute approximate surface area is 173 Å². The maximum atomic E-state index is 4.75. The van der Waals surface area contributed by atoms with Gasteiger partial charge in [0.1, 0.15) is 5.82 Å². The Kier molecular flexibility index (Phi) is 7.00. The molecular formula is C23H30N6. The molecule has 2 aromatic carbocycles. The zero-order valence-corrected chi connectivity index (χ0v) is 17.7. The van der Waals surface area contributed by atoms with Gasteiger partial charge in [-0.1, -0.05) is 59.7 Å². The molecule has 0 atom stereocenters. The van der Waals surface area contributed by atoms with Gasteiger partial charge in [0, 0.05) is 13.6 Å². The second kappa shape index (κ2) is 9.87. The van der Waals surface area contributed by atoms with Gasteiger partial charge in [0.15, 0.2) is 11.8 Å². The van der Waals surface area contributed by atoms with Crippen molar-refractivity contribution in [3.63, 3.8) is 0 Å². The van der Waals surface area contributed by atoms with Crippen molar-refractivity contribution in [2.24, 2.45) is 12.0 Å². The van der Waals surface area contributed by atoms with E-state index in [1.165, 1.54) is 22.3 Å². The normalized spacial score (nSPS) is 11.5. The average molecular weight is 391 g/mol. The number of nitrogens with zero attached hydrogens (tertiary/aromatic N) is 4. The van der Waals surface area contributed by atoms with E-state index in [0.29, 0.717) is 13.1 Å². The Balaban J connectivity index is 1.63. The van der Waals surface area contributed by atoms with Crippen LogP contribution in [-0.4, -0.2) is 27.3 Å². The van der Waals surface area contributed by atoms with Gasteiger partial charge in [0.25, 0.3) is 0 Å². The highest BCUT2D eigenvalue weighted by Crippen LogP contribution is 2.09. The third-order valence-corrected chi connectivity index (χ3v) is 4.85. The smallest absolute Gasteiger partial charge is 0.191 e. The van der Waals surface area contributed by atoms with Crippen molar-refractivity contribution < 1.29 is 0 Å². The zero-order chi connectivity index (χ0) is 20.6. The number of aryl methyl sites for hydroxylation is 3. The van der Waals surface area contributed by atoms with Crippen LogP contribution in [-0.2, 0) is 26.6 Å². The summed E-state index contributed by atoms with van der Waals surface area (Å²) in [5, 5.41) is 15.2. The van der Waals surface area contributed by atoms with Gasteiger partial charge < -0.3 is 15.2 Å². The first-order valence-electron chi connectivity index (χ1n) is 9.99. The van der Waals surface area contributed by atoms with Crippen molar-refractivity contribution >= 4 is 5.96 Å². The number of rotatable bonds is 7. The second-order valence-corrected chi connectivity index (χ2v) is 7.40. The lowest BCUT2D eigenvalue weighted by atomic mass is 10.1. The molecule has 2 N–H and O–H groups in total. The van der Waals surface area contributed by atoms with Crippen LogP contribution in [0.3, 0.4) is 0 Å². The summed E-state index contributed by atoms with van der Waals surface area (Å²) in [5.74, 6) is 2.55. The summed E-state index contributed by atoms with van der Waals surface area (Å²) in [6.45, 7) is 8.23. The van der Waals surface area contributed by atoms with Crippen molar-refractivity contribution in [1.29, 1.82) is 0 Å². The number of guanidine groups is 1. The molecule has 29 heavy (non-hydrogen) atoms. The molecule has 3 aromatic rings. The van der Waals surface area contributed by atoms with Crippen molar-refractivity contribution in [3.05, 3.63) is 82.4 Å². The van der Waals surface area contributed by atoms with Gasteiger partial charge in [0.05, 0.1) is 13.1 Å². The van der Waals surface area contributed by atoms with Crippen LogP contribution in [0.15, 0.2) is 53.5 Å². The molecule has 0 aliphatic rings. The molecule has 0 spiro atoms. The molecular weight excluding hydrogens is 360 g/mol. The molecule has 0 saturated carbocycles. The Morgan fingerprint density at radius 3 is 2.31 bits per heavy atom. The highest BCUT2D eigenvalue weighted by atomic mass is 15.3. The fraction of sp³-hybridized carbons (Fsp3) is 0.348. The predicted octanol–water partition coefficient (Wildman–Crippen LogP) is 3.22. The summed E-state index contributed by atoms with van der Waals surface area (Å²) < 4.78 is 1.98. The summed E-state index contributed by atoms with van der Waals surface area (Å²) in [5.41, 5.74) is 5.11. The van der Waals surface area contributed by atoms with Gasteiger partial charge in [-0.3, -0.25) is 0 Å². The molecule has 6 nitrogen and oxygen atoms in total. The molecule has 0 amide bonds. The molecule has 0 fully saturated rings. The highest BCUT2D eigenvalue weighted by molar-refractivity contribution is 5.79. The molecule has 6 heteroatoms. The molecule has 0 unspecified atom stereocenters. The summed E-state index contributed by atoms with van der Waals surface area (Å²) in [4.78, 5) is 4.75. The van der Waals surface area contributed by atoms with Crippen LogP contribution in [0.2, 0.25) is 0 Å². The number of hydrogen-bond donors (Lipinski definition) is 2. The van der Waals surface area contributed by atoms with Crippen LogP contribution >= 0.6 is 0 Å². The SMILES string of the molecule is Cc1cc(C)cc(CCNC(=NCc2ccccc2)NCc2nnc(C)n2C)c1. The Bertz CT molecular complexity index is 939. The van der Waals surface area contributed by atoms with E-state index >= 15 is 0 Å². The van der Waals surface area contributed by atoms with Gasteiger partial charge in [-0.2, -0.15) is 0 Å². The van der Waals surface area contributed by atoms with E-state index in [0.717, 1.165) is 30.6 Å². The van der Waals surface area contributed by atoms with E-state index in [2.05, 4.69) is 65.0 Å². The van der Waals surface area contributed by atoms with Crippen LogP contribution in [0.5, 0.6) is 0 Å². The Morgan fingerprint density at radius 1 is 0.931 bits per heavy atom. The van der Waals surface area contributed by atoms with Gasteiger partial charge >= 0.3 is 0 Å². The van der Waals surface area contributed by atoms with Gasteiger partial charge in [0.2, 0.25) is 0 Å². The number of aliphatic imine (C=N–C) groups is 1. The largest absolute Gasteiger partial charge is 0.356 e. The van der Waals surface area contributed by atoms with Crippen LogP contribution < -0.4 is 10.6 Å². The van der Waals surface area contributed by atoms with E-state index in [1.807, 2.05) is 36.7 Å². The lowest BCUT2D eigenvalue weighted by molar-refractivity contribution is 0.712. The third kappa shape index (κ3) is 6.17. The topological polar surface area (TPSA) is 67.1 Å². The van der Waals surface area contributed by atoms with E-state index in [4.69, 9.17) is 4.99 Å². The quantitative estimate of drug-likeness (QED) is 0.480. The Hall–Kier alpha value is -3.15. The van der Waals surface area contributed by atoms with Gasteiger partial charge in [-0.25, -0.2) is 4.99 Å². The lowest BCUT2D eigenvalue weighted by Crippen LogP contribution is -2.38. The summed E-state index contributed by atoms with van der Waals surface area (Å²) in [6.07, 6.45) is 0.942. The van der Waals surface area contributed by atoms with Crippen LogP contribution in [0.25, 0.3) is 0 Å². The predicted molar refractivity (Wildman–Crippen MR) is 118 cm³/mol. The van der Waals surface area contributed by atoms with Gasteiger partial charge in [-0.05, 0) is 38.3 Å². The molecule has 1 heterocycles. The van der Waals surface area contributed by atoms with Crippen molar-refractivity contribution in [1.82, 2.24) is 25.4 Å².